The average Bonchev–Trinajstić information content (AvgIpc) is 0.765. The van der Waals surface area contributed by atoms with E-state index in [9.17, 15) is 124 Å². The molecule has 0 bridgehead atoms. The summed E-state index contributed by atoms with van der Waals surface area (Å²) in [5, 5.41) is 206. The Hall–Kier alpha value is -4.63. The quantitative estimate of drug-likeness (QED) is 0.0157. The fourth-order valence-electron chi connectivity index (χ4n) is 14.6. The number of hydrogen-bond acceptors (Lipinski definition) is 43. The van der Waals surface area contributed by atoms with E-state index in [0.717, 1.165) is 34.8 Å². The topological polar surface area (TPSA) is 724 Å². The van der Waals surface area contributed by atoms with Crippen LogP contribution in [0.3, 0.4) is 0 Å². The van der Waals surface area contributed by atoms with Crippen LogP contribution in [-0.2, 0) is 129 Å². The lowest BCUT2D eigenvalue weighted by Crippen LogP contribution is -2.71. The van der Waals surface area contributed by atoms with Crippen molar-refractivity contribution in [3.05, 3.63) is 0 Å². The molecule has 0 saturated carbocycles. The van der Waals surface area contributed by atoms with Crippen molar-refractivity contribution in [3.8, 4) is 0 Å². The number of rotatable bonds is 36. The highest BCUT2D eigenvalue weighted by molar-refractivity contribution is 7.91. The zero-order valence-corrected chi connectivity index (χ0v) is 64.2. The summed E-state index contributed by atoms with van der Waals surface area (Å²) >= 11 is 0. The van der Waals surface area contributed by atoms with Crippen LogP contribution in [0, 0.1) is 17.8 Å². The SMILES string of the molecule is COC1OC(COCCS(=O)(=O)CCCOCC2OC(OC3OC(CO)C(O)C(OC4OC(C(=O)O)C(C)C(O)C4O)C3NC(C)=O)C(NC(C)=O)C(OC3OC(C(=O)O)C(C)C(O)C3O)C2O)C(O)C(OC2OC(COO)C(OC3OC(CO)C(O)C(OC4OC(COO)C(C)C(O)C4O)C3NC(C)=O)C(O)C2O)C1NC(C)=O. The molecule has 0 radical (unpaired) electrons. The lowest BCUT2D eigenvalue weighted by atomic mass is 9.90. The predicted molar refractivity (Wildman–Crippen MR) is 363 cm³/mol. The first-order valence-electron chi connectivity index (χ1n) is 36.7. The second kappa shape index (κ2) is 42.7. The van der Waals surface area contributed by atoms with E-state index >= 15 is 0 Å². The molecular formula is C65H108N4O45S. The minimum Gasteiger partial charge on any atom is -0.479 e. The maximum absolute atomic E-state index is 13.6. The number of carboxylic acid groups (broad SMARTS) is 2. The zero-order valence-electron chi connectivity index (χ0n) is 63.4. The summed E-state index contributed by atoms with van der Waals surface area (Å²) in [5.74, 6) is -11.2. The summed E-state index contributed by atoms with van der Waals surface area (Å²) in [5.41, 5.74) is 0. The summed E-state index contributed by atoms with van der Waals surface area (Å²) in [6.45, 7) is 2.18. The first-order valence-corrected chi connectivity index (χ1v) is 38.6. The van der Waals surface area contributed by atoms with E-state index in [1.165, 1.54) is 20.8 Å². The number of methoxy groups -OCH3 is 1. The molecule has 8 aliphatic heterocycles. The van der Waals surface area contributed by atoms with Crippen molar-refractivity contribution in [2.24, 2.45) is 17.8 Å². The summed E-state index contributed by atoms with van der Waals surface area (Å²) in [6, 6.07) is -6.81. The molecule has 0 aromatic carbocycles. The van der Waals surface area contributed by atoms with Crippen molar-refractivity contribution in [1.82, 2.24) is 21.3 Å². The fraction of sp³-hybridized carbons (Fsp3) is 0.908. The Labute approximate surface area is 655 Å². The third-order valence-corrected chi connectivity index (χ3v) is 22.6. The van der Waals surface area contributed by atoms with Gasteiger partial charge in [0.25, 0.3) is 0 Å². The third kappa shape index (κ3) is 23.4. The number of sulfone groups is 1. The van der Waals surface area contributed by atoms with Crippen molar-refractivity contribution in [2.45, 2.75) is 282 Å². The maximum Gasteiger partial charge on any atom is 0.333 e. The second-order valence-corrected chi connectivity index (χ2v) is 31.4. The molecule has 8 rings (SSSR count). The van der Waals surface area contributed by atoms with Gasteiger partial charge in [0.15, 0.2) is 72.4 Å². The van der Waals surface area contributed by atoms with E-state index in [4.69, 9.17) is 85.8 Å². The molecule has 0 aromatic heterocycles. The van der Waals surface area contributed by atoms with Gasteiger partial charge in [0.2, 0.25) is 23.6 Å². The molecule has 115 heavy (non-hydrogen) atoms. The van der Waals surface area contributed by atoms with Crippen LogP contribution in [0.2, 0.25) is 0 Å². The smallest absolute Gasteiger partial charge is 0.333 e. The number of ether oxygens (including phenoxy) is 17. The minimum atomic E-state index is -4.11. The second-order valence-electron chi connectivity index (χ2n) is 29.1. The van der Waals surface area contributed by atoms with Crippen molar-refractivity contribution in [2.75, 3.05) is 71.5 Å². The van der Waals surface area contributed by atoms with E-state index < -0.39 is 355 Å². The highest BCUT2D eigenvalue weighted by atomic mass is 32.2. The standard InChI is InChI=1S/C65H108N4O45S/c1-20-29(18-99-92)103-62(45(84)37(20)76)111-53-34(67-24(5)73)59(101-27(14-70)40(53)79)109-51-32(19-100-93)106-63(48(87)44(51)83)110-52-33(66-23(4)72)58(96-8)104-30(42(52)81)17-98-11-13-115(94,95)12-9-10-97-16-31-43(82)55(113-65-47(86)39(78)22(3)50(108-65)57(90)91)36(69-26(7)75)61(105-31)114-60-35(68-25(6)74)54(41(80)28(15-71)102-60)112-64-46(85)38(77)21(2)49(107-64)56(88)89/h20-22,27-55,58-65,70-71,76-87,92-93H,9-19H2,1-8H3,(H,66,72)(H,67,73)(H,68,74)(H,69,75)(H,88,89)(H,90,91). The Morgan fingerprint density at radius 3 is 1.04 bits per heavy atom. The number of aliphatic carboxylic acids is 2. The Bertz CT molecular complexity index is 3240. The van der Waals surface area contributed by atoms with Crippen LogP contribution < -0.4 is 21.3 Å². The molecule has 664 valence electrons. The molecule has 4 amide bonds. The molecular weight excluding hydrogens is 1590 g/mol. The lowest BCUT2D eigenvalue weighted by Gasteiger charge is -2.50. The summed E-state index contributed by atoms with van der Waals surface area (Å²) in [6.07, 6.45) is -61.7. The molecule has 8 fully saturated rings. The van der Waals surface area contributed by atoms with Gasteiger partial charge < -0.3 is 183 Å². The number of amides is 4. The van der Waals surface area contributed by atoms with Gasteiger partial charge in [-0.2, -0.15) is 0 Å². The highest BCUT2D eigenvalue weighted by Gasteiger charge is 2.60. The number of carbonyl (C=O) groups excluding carboxylic acids is 4. The molecule has 8 heterocycles. The van der Waals surface area contributed by atoms with Crippen LogP contribution in [0.1, 0.15) is 54.9 Å². The van der Waals surface area contributed by atoms with Gasteiger partial charge in [-0.15, -0.1) is 0 Å². The highest BCUT2D eigenvalue weighted by Crippen LogP contribution is 2.40. The van der Waals surface area contributed by atoms with E-state index in [1.54, 1.807) is 0 Å². The average molecular weight is 1700 g/mol. The van der Waals surface area contributed by atoms with Gasteiger partial charge in [0, 0.05) is 59.2 Å². The van der Waals surface area contributed by atoms with Gasteiger partial charge in [-0.1, -0.05) is 20.8 Å². The molecule has 8 saturated heterocycles. The molecule has 0 aromatic rings. The molecule has 49 nitrogen and oxygen atoms in total. The number of carbonyl (C=O) groups is 6. The Morgan fingerprint density at radius 2 is 0.661 bits per heavy atom. The molecule has 40 atom stereocenters. The third-order valence-electron chi connectivity index (χ3n) is 20.9. The van der Waals surface area contributed by atoms with Gasteiger partial charge >= 0.3 is 11.9 Å². The van der Waals surface area contributed by atoms with Crippen molar-refractivity contribution in [3.63, 3.8) is 0 Å². The normalized spacial score (nSPS) is 44.0. The van der Waals surface area contributed by atoms with Gasteiger partial charge in [-0.05, 0) is 6.42 Å². The van der Waals surface area contributed by atoms with Gasteiger partial charge in [-0.3, -0.25) is 29.7 Å². The Kier molecular flexibility index (Phi) is 35.6. The van der Waals surface area contributed by atoms with Gasteiger partial charge in [-0.25, -0.2) is 27.8 Å². The van der Waals surface area contributed by atoms with E-state index in [-0.39, 0.29) is 6.42 Å². The monoisotopic (exact) mass is 1700 g/mol. The number of aliphatic hydroxyl groups excluding tert-OH is 14. The predicted octanol–water partition coefficient (Wildman–Crippen LogP) is -12.4. The number of carboxylic acids is 2. The van der Waals surface area contributed by atoms with Crippen LogP contribution in [0.5, 0.6) is 0 Å². The van der Waals surface area contributed by atoms with Gasteiger partial charge in [0.05, 0.1) is 69.0 Å². The minimum absolute atomic E-state index is 0.295. The fourth-order valence-corrected chi connectivity index (χ4v) is 15.7. The first-order chi connectivity index (χ1) is 54.2. The molecule has 40 unspecified atom stereocenters. The Balaban J connectivity index is 0.927. The lowest BCUT2D eigenvalue weighted by molar-refractivity contribution is -0.383. The molecule has 0 spiro atoms. The Morgan fingerprint density at radius 1 is 0.348 bits per heavy atom. The molecule has 0 aliphatic carbocycles. The summed E-state index contributed by atoms with van der Waals surface area (Å²) < 4.78 is 127. The van der Waals surface area contributed by atoms with E-state index in [2.05, 4.69) is 31.0 Å². The summed E-state index contributed by atoms with van der Waals surface area (Å²) in [4.78, 5) is 84.5. The molecule has 22 N–H and O–H groups in total. The van der Waals surface area contributed by atoms with Crippen LogP contribution >= 0.6 is 0 Å². The maximum atomic E-state index is 13.6. The van der Waals surface area contributed by atoms with Crippen molar-refractivity contribution >= 4 is 45.4 Å². The number of hydrogen-bond donors (Lipinski definition) is 22. The zero-order chi connectivity index (χ0) is 85.1. The van der Waals surface area contributed by atoms with E-state index in [0.29, 0.717) is 0 Å². The molecule has 50 heteroatoms. The largest absolute Gasteiger partial charge is 0.479 e. The van der Waals surface area contributed by atoms with Crippen LogP contribution in [0.4, 0.5) is 0 Å². The first kappa shape index (κ1) is 95.8. The van der Waals surface area contributed by atoms with E-state index in [1.807, 2.05) is 0 Å². The van der Waals surface area contributed by atoms with Crippen molar-refractivity contribution < 1.29 is 220 Å². The van der Waals surface area contributed by atoms with Gasteiger partial charge in [0.1, 0.15) is 153 Å². The molecule has 8 aliphatic rings. The van der Waals surface area contributed by atoms with Crippen LogP contribution in [0.25, 0.3) is 0 Å². The number of aliphatic hydroxyl groups is 14. The van der Waals surface area contributed by atoms with Crippen LogP contribution in [0.15, 0.2) is 0 Å². The van der Waals surface area contributed by atoms with Crippen LogP contribution in [-0.4, -0.2) is 435 Å². The summed E-state index contributed by atoms with van der Waals surface area (Å²) in [7, 11) is -2.98. The van der Waals surface area contributed by atoms with Crippen molar-refractivity contribution in [1.29, 1.82) is 0 Å². The number of nitrogens with one attached hydrogen (secondary N) is 4.